The lowest BCUT2D eigenvalue weighted by molar-refractivity contribution is -0.118. The van der Waals surface area contributed by atoms with Crippen molar-refractivity contribution in [2.45, 2.75) is 39.2 Å². The first-order valence-corrected chi connectivity index (χ1v) is 10.4. The molecule has 0 radical (unpaired) electrons. The highest BCUT2D eigenvalue weighted by molar-refractivity contribution is 7.18. The Bertz CT molecular complexity index is 912. The third kappa shape index (κ3) is 3.89. The number of aryl methyl sites for hydroxylation is 2. The number of carbonyl (C=O) groups excluding carboxylic acids is 1. The lowest BCUT2D eigenvalue weighted by Gasteiger charge is -2.33. The summed E-state index contributed by atoms with van der Waals surface area (Å²) in [6.07, 6.45) is 3.39. The van der Waals surface area contributed by atoms with Gasteiger partial charge in [-0.25, -0.2) is 4.98 Å². The molecule has 1 amide bonds. The molecule has 0 unspecified atom stereocenters. The maximum atomic E-state index is 12.8. The van der Waals surface area contributed by atoms with Crippen molar-refractivity contribution in [3.8, 4) is 0 Å². The number of carbonyl (C=O) groups is 1. The zero-order chi connectivity index (χ0) is 18.8. The lowest BCUT2D eigenvalue weighted by Crippen LogP contribution is -2.39. The van der Waals surface area contributed by atoms with Gasteiger partial charge in [-0.3, -0.25) is 9.69 Å². The van der Waals surface area contributed by atoms with E-state index in [4.69, 9.17) is 4.98 Å². The SMILES string of the molecule is Cc1cccc(C)c1NC(=O)CN1CCCC[C@H]1c1nc2ccccc2s1. The summed E-state index contributed by atoms with van der Waals surface area (Å²) in [7, 11) is 0. The van der Waals surface area contributed by atoms with Crippen LogP contribution < -0.4 is 5.32 Å². The van der Waals surface area contributed by atoms with Gasteiger partial charge in [0.2, 0.25) is 5.91 Å². The predicted octanol–water partition coefficient (Wildman–Crippen LogP) is 5.08. The van der Waals surface area contributed by atoms with Gasteiger partial charge in [0, 0.05) is 5.69 Å². The molecule has 3 aromatic rings. The second-order valence-corrected chi connectivity index (χ2v) is 8.38. The number of nitrogens with one attached hydrogen (secondary N) is 1. The Labute approximate surface area is 164 Å². The third-order valence-electron chi connectivity index (χ3n) is 5.30. The fraction of sp³-hybridized carbons (Fsp3) is 0.364. The Balaban J connectivity index is 1.51. The molecule has 1 aromatic heterocycles. The van der Waals surface area contributed by atoms with Crippen molar-refractivity contribution >= 4 is 33.1 Å². The largest absolute Gasteiger partial charge is 0.324 e. The van der Waals surface area contributed by atoms with E-state index in [2.05, 4.69) is 28.4 Å². The number of piperidine rings is 1. The Morgan fingerprint density at radius 2 is 1.93 bits per heavy atom. The Morgan fingerprint density at radius 3 is 2.70 bits per heavy atom. The number of hydrogen-bond donors (Lipinski definition) is 1. The molecule has 2 aromatic carbocycles. The number of fused-ring (bicyclic) bond motifs is 1. The summed E-state index contributed by atoms with van der Waals surface area (Å²) in [6.45, 7) is 5.43. The maximum Gasteiger partial charge on any atom is 0.238 e. The van der Waals surface area contributed by atoms with Crippen LogP contribution in [0.3, 0.4) is 0 Å². The van der Waals surface area contributed by atoms with Crippen LogP contribution in [0.25, 0.3) is 10.2 Å². The third-order valence-corrected chi connectivity index (χ3v) is 6.44. The van der Waals surface area contributed by atoms with Gasteiger partial charge in [0.25, 0.3) is 0 Å². The number of rotatable bonds is 4. The summed E-state index contributed by atoms with van der Waals surface area (Å²) in [4.78, 5) is 19.9. The van der Waals surface area contributed by atoms with E-state index in [0.29, 0.717) is 6.54 Å². The summed E-state index contributed by atoms with van der Waals surface area (Å²) in [5, 5.41) is 4.26. The number of hydrogen-bond acceptors (Lipinski definition) is 4. The molecule has 140 valence electrons. The van der Waals surface area contributed by atoms with Gasteiger partial charge < -0.3 is 5.32 Å². The Kier molecular flexibility index (Phi) is 5.23. The van der Waals surface area contributed by atoms with Crippen LogP contribution in [0.4, 0.5) is 5.69 Å². The van der Waals surface area contributed by atoms with Gasteiger partial charge in [0.1, 0.15) is 5.01 Å². The average Bonchev–Trinajstić information content (AvgIpc) is 3.09. The topological polar surface area (TPSA) is 45.2 Å². The first-order valence-electron chi connectivity index (χ1n) is 9.57. The molecule has 1 N–H and O–H groups in total. The van der Waals surface area contributed by atoms with Gasteiger partial charge in [0.15, 0.2) is 0 Å². The van der Waals surface area contributed by atoms with Gasteiger partial charge >= 0.3 is 0 Å². The molecule has 4 rings (SSSR count). The molecule has 0 bridgehead atoms. The first-order chi connectivity index (χ1) is 13.1. The van der Waals surface area contributed by atoms with Crippen molar-refractivity contribution < 1.29 is 4.79 Å². The van der Waals surface area contributed by atoms with E-state index in [1.54, 1.807) is 11.3 Å². The van der Waals surface area contributed by atoms with Crippen molar-refractivity contribution in [1.82, 2.24) is 9.88 Å². The van der Waals surface area contributed by atoms with Gasteiger partial charge in [0.05, 0.1) is 22.8 Å². The van der Waals surface area contributed by atoms with E-state index < -0.39 is 0 Å². The van der Waals surface area contributed by atoms with E-state index in [-0.39, 0.29) is 11.9 Å². The zero-order valence-corrected chi connectivity index (χ0v) is 16.7. The van der Waals surface area contributed by atoms with Crippen molar-refractivity contribution in [3.63, 3.8) is 0 Å². The number of thiazole rings is 1. The molecule has 1 fully saturated rings. The van der Waals surface area contributed by atoms with Gasteiger partial charge in [-0.15, -0.1) is 11.3 Å². The quantitative estimate of drug-likeness (QED) is 0.688. The molecule has 0 saturated carbocycles. The van der Waals surface area contributed by atoms with Crippen molar-refractivity contribution in [2.24, 2.45) is 0 Å². The van der Waals surface area contributed by atoms with E-state index in [0.717, 1.165) is 46.7 Å². The van der Waals surface area contributed by atoms with Crippen LogP contribution in [0.15, 0.2) is 42.5 Å². The standard InChI is InChI=1S/C22H25N3OS/c1-15-8-7-9-16(2)21(15)24-20(26)14-25-13-6-5-11-18(25)22-23-17-10-3-4-12-19(17)27-22/h3-4,7-10,12,18H,5-6,11,13-14H2,1-2H3,(H,24,26)/t18-/m0/s1. The van der Waals surface area contributed by atoms with Crippen molar-refractivity contribution in [2.75, 3.05) is 18.4 Å². The van der Waals surface area contributed by atoms with Gasteiger partial charge in [-0.1, -0.05) is 36.8 Å². The van der Waals surface area contributed by atoms with Crippen LogP contribution in [0.5, 0.6) is 0 Å². The molecule has 1 aliphatic heterocycles. The van der Waals surface area contributed by atoms with Crippen LogP contribution in [-0.2, 0) is 4.79 Å². The minimum atomic E-state index is 0.0559. The van der Waals surface area contributed by atoms with Crippen LogP contribution in [0, 0.1) is 13.8 Å². The lowest BCUT2D eigenvalue weighted by atomic mass is 10.0. The minimum absolute atomic E-state index is 0.0559. The molecular formula is C22H25N3OS. The van der Waals surface area contributed by atoms with Gasteiger partial charge in [-0.2, -0.15) is 0 Å². The number of nitrogens with zero attached hydrogens (tertiary/aromatic N) is 2. The number of aromatic nitrogens is 1. The second-order valence-electron chi connectivity index (χ2n) is 7.32. The van der Waals surface area contributed by atoms with Crippen LogP contribution in [-0.4, -0.2) is 28.9 Å². The molecule has 1 atom stereocenters. The van der Waals surface area contributed by atoms with Crippen molar-refractivity contribution in [3.05, 3.63) is 58.6 Å². The van der Waals surface area contributed by atoms with Gasteiger partial charge in [-0.05, 0) is 56.5 Å². The monoisotopic (exact) mass is 379 g/mol. The number of anilines is 1. The smallest absolute Gasteiger partial charge is 0.238 e. The van der Waals surface area contributed by atoms with Crippen LogP contribution in [0.1, 0.15) is 41.4 Å². The van der Waals surface area contributed by atoms with E-state index >= 15 is 0 Å². The number of likely N-dealkylation sites (tertiary alicyclic amines) is 1. The van der Waals surface area contributed by atoms with Crippen molar-refractivity contribution in [1.29, 1.82) is 0 Å². The molecular weight excluding hydrogens is 354 g/mol. The zero-order valence-electron chi connectivity index (χ0n) is 15.9. The molecule has 5 heteroatoms. The predicted molar refractivity (Wildman–Crippen MR) is 112 cm³/mol. The summed E-state index contributed by atoms with van der Waals surface area (Å²) in [5.74, 6) is 0.0559. The summed E-state index contributed by atoms with van der Waals surface area (Å²) in [6, 6.07) is 14.6. The summed E-state index contributed by atoms with van der Waals surface area (Å²) < 4.78 is 1.22. The first kappa shape index (κ1) is 18.1. The number of para-hydroxylation sites is 2. The second kappa shape index (κ2) is 7.79. The summed E-state index contributed by atoms with van der Waals surface area (Å²) >= 11 is 1.76. The number of amides is 1. The fourth-order valence-electron chi connectivity index (χ4n) is 3.87. The molecule has 1 saturated heterocycles. The highest BCUT2D eigenvalue weighted by Crippen LogP contribution is 2.35. The maximum absolute atomic E-state index is 12.8. The molecule has 2 heterocycles. The normalized spacial score (nSPS) is 17.9. The minimum Gasteiger partial charge on any atom is -0.324 e. The highest BCUT2D eigenvalue weighted by Gasteiger charge is 2.28. The molecule has 4 nitrogen and oxygen atoms in total. The average molecular weight is 380 g/mol. The molecule has 27 heavy (non-hydrogen) atoms. The highest BCUT2D eigenvalue weighted by atomic mass is 32.1. The summed E-state index contributed by atoms with van der Waals surface area (Å²) in [5.41, 5.74) is 4.20. The number of benzene rings is 2. The molecule has 0 aliphatic carbocycles. The van der Waals surface area contributed by atoms with E-state index in [1.807, 2.05) is 38.1 Å². The molecule has 0 spiro atoms. The van der Waals surface area contributed by atoms with E-state index in [1.165, 1.54) is 11.1 Å². The fourth-order valence-corrected chi connectivity index (χ4v) is 5.00. The van der Waals surface area contributed by atoms with E-state index in [9.17, 15) is 4.79 Å². The van der Waals surface area contributed by atoms with Crippen LogP contribution >= 0.6 is 11.3 Å². The molecule has 1 aliphatic rings. The Morgan fingerprint density at radius 1 is 1.15 bits per heavy atom. The van der Waals surface area contributed by atoms with Crippen LogP contribution in [0.2, 0.25) is 0 Å². The Hall–Kier alpha value is -2.24.